The Morgan fingerprint density at radius 2 is 1.92 bits per heavy atom. The van der Waals surface area contributed by atoms with Crippen molar-refractivity contribution < 1.29 is 13.7 Å². The number of nitro groups is 1. The number of fused-ring (bicyclic) bond motifs is 2. The third kappa shape index (κ3) is 4.31. The van der Waals surface area contributed by atoms with Gasteiger partial charge in [0.15, 0.2) is 17.5 Å². The van der Waals surface area contributed by atoms with Gasteiger partial charge in [-0.15, -0.1) is 0 Å². The van der Waals surface area contributed by atoms with Crippen LogP contribution in [-0.4, -0.2) is 68.5 Å². The molecule has 3 heterocycles. The number of aromatic amines is 1. The van der Waals surface area contributed by atoms with Gasteiger partial charge in [0.1, 0.15) is 16.9 Å². The van der Waals surface area contributed by atoms with E-state index in [1.54, 1.807) is 49.3 Å². The average molecular weight is 523 g/mol. The first-order valence-electron chi connectivity index (χ1n) is 12.0. The van der Waals surface area contributed by atoms with Crippen LogP contribution in [0.4, 0.5) is 8.78 Å². The Hall–Kier alpha value is -4.16. The predicted octanol–water partition coefficient (Wildman–Crippen LogP) is 3.49. The van der Waals surface area contributed by atoms with E-state index < -0.39 is 22.1 Å². The summed E-state index contributed by atoms with van der Waals surface area (Å²) in [6.07, 6.45) is 6.64. The first kappa shape index (κ1) is 25.5. The van der Waals surface area contributed by atoms with Gasteiger partial charge in [-0.2, -0.15) is 0 Å². The summed E-state index contributed by atoms with van der Waals surface area (Å²) in [4.78, 5) is 28.0. The van der Waals surface area contributed by atoms with Crippen LogP contribution in [0.1, 0.15) is 12.2 Å². The summed E-state index contributed by atoms with van der Waals surface area (Å²) in [5.41, 5.74) is 7.82. The van der Waals surface area contributed by atoms with Crippen molar-refractivity contribution in [1.82, 2.24) is 29.3 Å². The van der Waals surface area contributed by atoms with Gasteiger partial charge in [0.05, 0.1) is 22.6 Å². The fraction of sp³-hybridized carbons (Fsp3) is 0.308. The highest BCUT2D eigenvalue weighted by Gasteiger charge is 2.39. The Balaban J connectivity index is 1.62. The number of H-pyrrole nitrogens is 1. The molecule has 1 aliphatic carbocycles. The number of hydrogen-bond acceptors (Lipinski definition) is 7. The second kappa shape index (κ2) is 9.30. The minimum Gasteiger partial charge on any atom is -0.368 e. The molecule has 1 atom stereocenters. The number of allylic oxidation sites excluding steroid dienone is 1. The van der Waals surface area contributed by atoms with E-state index in [0.717, 1.165) is 18.7 Å². The molecule has 0 spiro atoms. The van der Waals surface area contributed by atoms with E-state index in [9.17, 15) is 18.9 Å². The standard InChI is InChI=1S/C26H28F2N8O2/c1-33(2)9-10-34(3)20-5-7-26(29,13-22(20)36(37)38)25-31-23(15-6-8-30-24(15)32-25)17-14-35(4)21-12-19(28)18(27)11-16(17)21/h5-8,11-12,14H,9-10,13,29H2,1-4H3,(H,30,31,32). The monoisotopic (exact) mass is 522 g/mol. The molecule has 4 aromatic rings. The van der Waals surface area contributed by atoms with E-state index in [4.69, 9.17) is 10.7 Å². The third-order valence-electron chi connectivity index (χ3n) is 6.93. The highest BCUT2D eigenvalue weighted by Crippen LogP contribution is 2.38. The van der Waals surface area contributed by atoms with E-state index in [1.807, 2.05) is 23.9 Å². The van der Waals surface area contributed by atoms with Crippen LogP contribution in [0, 0.1) is 21.7 Å². The maximum Gasteiger partial charge on any atom is 0.271 e. The number of hydrogen-bond donors (Lipinski definition) is 2. The summed E-state index contributed by atoms with van der Waals surface area (Å²) in [5, 5.41) is 13.2. The fourth-order valence-corrected chi connectivity index (χ4v) is 4.80. The molecule has 198 valence electrons. The number of nitrogens with one attached hydrogen (secondary N) is 1. The summed E-state index contributed by atoms with van der Waals surface area (Å²) >= 11 is 0. The largest absolute Gasteiger partial charge is 0.368 e. The second-order valence-corrected chi connectivity index (χ2v) is 9.94. The predicted molar refractivity (Wildman–Crippen MR) is 141 cm³/mol. The van der Waals surface area contributed by atoms with Gasteiger partial charge in [0.2, 0.25) is 0 Å². The van der Waals surface area contributed by atoms with E-state index >= 15 is 0 Å². The van der Waals surface area contributed by atoms with Crippen molar-refractivity contribution in [2.75, 3.05) is 34.2 Å². The number of aryl methyl sites for hydroxylation is 1. The van der Waals surface area contributed by atoms with Gasteiger partial charge in [-0.1, -0.05) is 6.08 Å². The highest BCUT2D eigenvalue weighted by molar-refractivity contribution is 6.02. The quantitative estimate of drug-likeness (QED) is 0.281. The Kier molecular flexibility index (Phi) is 6.24. The van der Waals surface area contributed by atoms with Crippen molar-refractivity contribution in [1.29, 1.82) is 0 Å². The van der Waals surface area contributed by atoms with E-state index in [-0.39, 0.29) is 17.9 Å². The zero-order chi connectivity index (χ0) is 27.4. The van der Waals surface area contributed by atoms with Crippen LogP contribution in [0.25, 0.3) is 33.2 Å². The van der Waals surface area contributed by atoms with Gasteiger partial charge < -0.3 is 25.1 Å². The maximum atomic E-state index is 14.2. The zero-order valence-electron chi connectivity index (χ0n) is 21.5. The van der Waals surface area contributed by atoms with Crippen molar-refractivity contribution >= 4 is 21.9 Å². The molecule has 5 rings (SSSR count). The van der Waals surface area contributed by atoms with Crippen LogP contribution in [0.2, 0.25) is 0 Å². The summed E-state index contributed by atoms with van der Waals surface area (Å²) in [6, 6.07) is 4.07. The molecule has 0 bridgehead atoms. The molecule has 0 amide bonds. The lowest BCUT2D eigenvalue weighted by Crippen LogP contribution is -2.41. The molecule has 1 aliphatic rings. The molecule has 3 aromatic heterocycles. The van der Waals surface area contributed by atoms with Gasteiger partial charge >= 0.3 is 0 Å². The fourth-order valence-electron chi connectivity index (χ4n) is 4.80. The summed E-state index contributed by atoms with van der Waals surface area (Å²) < 4.78 is 29.9. The van der Waals surface area contributed by atoms with Crippen LogP contribution in [0.5, 0.6) is 0 Å². The third-order valence-corrected chi connectivity index (χ3v) is 6.93. The topological polar surface area (TPSA) is 122 Å². The van der Waals surface area contributed by atoms with Crippen LogP contribution < -0.4 is 5.73 Å². The van der Waals surface area contributed by atoms with Crippen LogP contribution >= 0.6 is 0 Å². The molecular formula is C26H28F2N8O2. The Morgan fingerprint density at radius 3 is 2.63 bits per heavy atom. The number of rotatable bonds is 7. The van der Waals surface area contributed by atoms with E-state index in [0.29, 0.717) is 45.4 Å². The van der Waals surface area contributed by atoms with Crippen molar-refractivity contribution in [3.63, 3.8) is 0 Å². The first-order valence-corrected chi connectivity index (χ1v) is 12.0. The van der Waals surface area contributed by atoms with E-state index in [2.05, 4.69) is 9.97 Å². The van der Waals surface area contributed by atoms with Crippen molar-refractivity contribution in [2.45, 2.75) is 12.0 Å². The molecule has 0 radical (unpaired) electrons. The molecule has 0 aliphatic heterocycles. The molecule has 10 nitrogen and oxygen atoms in total. The van der Waals surface area contributed by atoms with Crippen molar-refractivity contribution in [2.24, 2.45) is 12.8 Å². The number of aromatic nitrogens is 4. The van der Waals surface area contributed by atoms with Gasteiger partial charge in [-0.25, -0.2) is 18.7 Å². The molecule has 38 heavy (non-hydrogen) atoms. The Morgan fingerprint density at radius 1 is 1.18 bits per heavy atom. The van der Waals surface area contributed by atoms with Crippen LogP contribution in [0.15, 0.2) is 54.1 Å². The van der Waals surface area contributed by atoms with Crippen molar-refractivity contribution in [3.8, 4) is 11.3 Å². The van der Waals surface area contributed by atoms with Gasteiger partial charge in [-0.05, 0) is 32.3 Å². The number of likely N-dealkylation sites (N-methyl/N-ethyl adjacent to an activating group) is 2. The summed E-state index contributed by atoms with van der Waals surface area (Å²) in [5.74, 6) is -1.74. The zero-order valence-corrected chi connectivity index (χ0v) is 21.5. The molecule has 1 unspecified atom stereocenters. The molecule has 0 fully saturated rings. The Bertz CT molecular complexity index is 1640. The summed E-state index contributed by atoms with van der Waals surface area (Å²) in [6.45, 7) is 1.31. The molecule has 12 heteroatoms. The first-order chi connectivity index (χ1) is 18.0. The number of nitrogens with two attached hydrogens (primary N) is 1. The minimum atomic E-state index is -1.37. The van der Waals surface area contributed by atoms with Gasteiger partial charge in [0, 0.05) is 62.0 Å². The normalized spacial score (nSPS) is 17.8. The molecule has 3 N–H and O–H groups in total. The lowest BCUT2D eigenvalue weighted by molar-refractivity contribution is -0.431. The number of benzene rings is 1. The van der Waals surface area contributed by atoms with Crippen LogP contribution in [0.3, 0.4) is 0 Å². The van der Waals surface area contributed by atoms with Crippen LogP contribution in [-0.2, 0) is 12.6 Å². The number of nitrogens with zero attached hydrogens (tertiary/aromatic N) is 6. The molecular weight excluding hydrogens is 494 g/mol. The maximum absolute atomic E-state index is 14.2. The van der Waals surface area contributed by atoms with E-state index in [1.165, 1.54) is 0 Å². The SMILES string of the molecule is CN(C)CCN(C)C1=C([N+](=O)[O-])CC(N)(c2nc(-c3cn(C)c4cc(F)c(F)cc34)c3cc[nH]c3n2)C=C1. The minimum absolute atomic E-state index is 0.0318. The average Bonchev–Trinajstić information content (AvgIpc) is 3.47. The second-order valence-electron chi connectivity index (χ2n) is 9.94. The summed E-state index contributed by atoms with van der Waals surface area (Å²) in [7, 11) is 7.41. The van der Waals surface area contributed by atoms with Gasteiger partial charge in [-0.3, -0.25) is 10.1 Å². The molecule has 0 saturated heterocycles. The van der Waals surface area contributed by atoms with Gasteiger partial charge in [0.25, 0.3) is 5.70 Å². The molecule has 1 aromatic carbocycles. The number of halogens is 2. The highest BCUT2D eigenvalue weighted by atomic mass is 19.2. The smallest absolute Gasteiger partial charge is 0.271 e. The Labute approximate surface area is 217 Å². The lowest BCUT2D eigenvalue weighted by Gasteiger charge is -2.30. The molecule has 0 saturated carbocycles. The lowest BCUT2D eigenvalue weighted by atomic mass is 9.87. The van der Waals surface area contributed by atoms with Crippen molar-refractivity contribution in [3.05, 3.63) is 81.7 Å².